The van der Waals surface area contributed by atoms with Crippen molar-refractivity contribution in [3.8, 4) is 0 Å². The van der Waals surface area contributed by atoms with Gasteiger partial charge in [-0.25, -0.2) is 0 Å². The Morgan fingerprint density at radius 1 is 1.45 bits per heavy atom. The second kappa shape index (κ2) is 5.57. The first-order valence-electron chi connectivity index (χ1n) is 3.62. The average molecular weight is 177 g/mol. The molecule has 0 aliphatic carbocycles. The first kappa shape index (κ1) is 10.9. The lowest BCUT2D eigenvalue weighted by Gasteiger charge is -2.15. The Hall–Kier alpha value is -0.0600. The van der Waals surface area contributed by atoms with Gasteiger partial charge in [-0.2, -0.15) is 0 Å². The maximum Gasteiger partial charge on any atom is 0.140 e. The van der Waals surface area contributed by atoms with Crippen molar-refractivity contribution in [2.75, 3.05) is 0 Å². The molecule has 0 aromatic carbocycles. The third kappa shape index (κ3) is 5.24. The van der Waals surface area contributed by atoms with Crippen LogP contribution in [-0.2, 0) is 4.79 Å². The van der Waals surface area contributed by atoms with E-state index in [2.05, 4.69) is 4.72 Å². The Morgan fingerprint density at radius 2 is 2.00 bits per heavy atom. The van der Waals surface area contributed by atoms with Crippen LogP contribution in [0.5, 0.6) is 0 Å². The second-order valence-corrected chi connectivity index (χ2v) is 4.10. The monoisotopic (exact) mass is 177 g/mol. The fourth-order valence-corrected chi connectivity index (χ4v) is 1.14. The third-order valence-corrected chi connectivity index (χ3v) is 1.99. The summed E-state index contributed by atoms with van der Waals surface area (Å²) in [6, 6.07) is -0.456. The van der Waals surface area contributed by atoms with Crippen molar-refractivity contribution in [2.24, 2.45) is 0 Å². The van der Waals surface area contributed by atoms with Crippen molar-refractivity contribution in [2.45, 2.75) is 38.2 Å². The van der Waals surface area contributed by atoms with Gasteiger partial charge in [-0.3, -0.25) is 4.72 Å². The zero-order valence-electron chi connectivity index (χ0n) is 7.07. The summed E-state index contributed by atoms with van der Waals surface area (Å²) in [4.78, 5) is 10.3. The van der Waals surface area contributed by atoms with Gasteiger partial charge in [0.25, 0.3) is 0 Å². The predicted molar refractivity (Wildman–Crippen MR) is 47.4 cm³/mol. The minimum absolute atomic E-state index is 0.413. The maximum atomic E-state index is 10.3. The largest absolute Gasteiger partial charge is 0.391 e. The molecule has 0 saturated heterocycles. The van der Waals surface area contributed by atoms with Crippen molar-refractivity contribution in [3.63, 3.8) is 0 Å². The molecule has 0 amide bonds. The number of aldehydes is 1. The molecule has 0 rings (SSSR count). The summed E-state index contributed by atoms with van der Waals surface area (Å²) >= 11 is 1.45. The van der Waals surface area contributed by atoms with Crippen LogP contribution in [0.4, 0.5) is 0 Å². The van der Waals surface area contributed by atoms with Gasteiger partial charge >= 0.3 is 0 Å². The van der Waals surface area contributed by atoms with E-state index in [0.717, 1.165) is 6.29 Å². The summed E-state index contributed by atoms with van der Waals surface area (Å²) in [5.74, 6) is 0. The number of aliphatic hydroxyl groups excluding tert-OH is 1. The lowest BCUT2D eigenvalue weighted by Crippen LogP contribution is -2.36. The van der Waals surface area contributed by atoms with Crippen LogP contribution in [0, 0.1) is 0 Å². The molecular weight excluding hydrogens is 162 g/mol. The SMILES string of the molecule is CC(C)SN[C@H](C=O)[C@@H](C)O. The van der Waals surface area contributed by atoms with E-state index in [9.17, 15) is 4.79 Å². The molecule has 66 valence electrons. The normalized spacial score (nSPS) is 16.5. The van der Waals surface area contributed by atoms with E-state index >= 15 is 0 Å². The van der Waals surface area contributed by atoms with Gasteiger partial charge in [-0.05, 0) is 6.92 Å². The van der Waals surface area contributed by atoms with Crippen LogP contribution < -0.4 is 4.72 Å². The first-order valence-corrected chi connectivity index (χ1v) is 4.50. The number of carbonyl (C=O) groups excluding carboxylic acids is 1. The third-order valence-electron chi connectivity index (χ3n) is 1.11. The predicted octanol–water partition coefficient (Wildman–Crippen LogP) is 0.581. The smallest absolute Gasteiger partial charge is 0.140 e. The molecule has 0 bridgehead atoms. The molecule has 4 heteroatoms. The molecule has 0 radical (unpaired) electrons. The van der Waals surface area contributed by atoms with Crippen LogP contribution in [0.2, 0.25) is 0 Å². The van der Waals surface area contributed by atoms with Crippen molar-refractivity contribution < 1.29 is 9.90 Å². The van der Waals surface area contributed by atoms with Crippen molar-refractivity contribution in [1.82, 2.24) is 4.72 Å². The molecule has 3 nitrogen and oxygen atoms in total. The summed E-state index contributed by atoms with van der Waals surface area (Å²) < 4.78 is 2.87. The summed E-state index contributed by atoms with van der Waals surface area (Å²) in [5, 5.41) is 9.43. The van der Waals surface area contributed by atoms with E-state index in [-0.39, 0.29) is 0 Å². The average Bonchev–Trinajstić information content (AvgIpc) is 1.87. The Kier molecular flexibility index (Phi) is 5.54. The highest BCUT2D eigenvalue weighted by Gasteiger charge is 2.12. The number of nitrogens with one attached hydrogen (secondary N) is 1. The van der Waals surface area contributed by atoms with Gasteiger partial charge in [0.2, 0.25) is 0 Å². The van der Waals surface area contributed by atoms with E-state index in [1.54, 1.807) is 6.92 Å². The highest BCUT2D eigenvalue weighted by Crippen LogP contribution is 2.05. The molecule has 2 N–H and O–H groups in total. The molecule has 0 heterocycles. The van der Waals surface area contributed by atoms with Gasteiger partial charge in [0.1, 0.15) is 6.29 Å². The van der Waals surface area contributed by atoms with Crippen LogP contribution in [-0.4, -0.2) is 28.8 Å². The fourth-order valence-electron chi connectivity index (χ4n) is 0.455. The van der Waals surface area contributed by atoms with Crippen molar-refractivity contribution >= 4 is 18.2 Å². The number of rotatable bonds is 5. The Balaban J connectivity index is 3.61. The highest BCUT2D eigenvalue weighted by molar-refractivity contribution is 7.98. The Morgan fingerprint density at radius 3 is 2.27 bits per heavy atom. The summed E-state index contributed by atoms with van der Waals surface area (Å²) in [6.45, 7) is 5.62. The van der Waals surface area contributed by atoms with Gasteiger partial charge in [-0.15, -0.1) is 0 Å². The number of aliphatic hydroxyl groups is 1. The van der Waals surface area contributed by atoms with E-state index in [0.29, 0.717) is 5.25 Å². The van der Waals surface area contributed by atoms with E-state index in [4.69, 9.17) is 5.11 Å². The molecule has 0 fully saturated rings. The zero-order valence-corrected chi connectivity index (χ0v) is 7.89. The quantitative estimate of drug-likeness (QED) is 0.476. The molecule has 0 aromatic rings. The number of hydrogen-bond acceptors (Lipinski definition) is 4. The van der Waals surface area contributed by atoms with Crippen molar-refractivity contribution in [3.05, 3.63) is 0 Å². The highest BCUT2D eigenvalue weighted by atomic mass is 32.2. The van der Waals surface area contributed by atoms with Crippen LogP contribution in [0.25, 0.3) is 0 Å². The van der Waals surface area contributed by atoms with Crippen LogP contribution in [0.15, 0.2) is 0 Å². The van der Waals surface area contributed by atoms with Crippen LogP contribution in [0.1, 0.15) is 20.8 Å². The summed E-state index contributed by atoms with van der Waals surface area (Å²) in [5.41, 5.74) is 0. The Labute approximate surface area is 71.7 Å². The fraction of sp³-hybridized carbons (Fsp3) is 0.857. The van der Waals surface area contributed by atoms with Gasteiger partial charge in [0.05, 0.1) is 12.1 Å². The lowest BCUT2D eigenvalue weighted by atomic mass is 10.2. The van der Waals surface area contributed by atoms with Crippen LogP contribution in [0.3, 0.4) is 0 Å². The lowest BCUT2D eigenvalue weighted by molar-refractivity contribution is -0.111. The van der Waals surface area contributed by atoms with E-state index < -0.39 is 12.1 Å². The molecule has 0 aliphatic heterocycles. The summed E-state index contributed by atoms with van der Waals surface area (Å²) in [7, 11) is 0. The molecular formula is C7H15NO2S. The van der Waals surface area contributed by atoms with Gasteiger partial charge in [0.15, 0.2) is 0 Å². The second-order valence-electron chi connectivity index (χ2n) is 2.69. The van der Waals surface area contributed by atoms with Crippen molar-refractivity contribution in [1.29, 1.82) is 0 Å². The molecule has 0 aliphatic rings. The van der Waals surface area contributed by atoms with E-state index in [1.807, 2.05) is 13.8 Å². The Bertz CT molecular complexity index is 117. The first-order chi connectivity index (χ1) is 5.07. The maximum absolute atomic E-state index is 10.3. The molecule has 2 atom stereocenters. The van der Waals surface area contributed by atoms with Gasteiger partial charge in [0, 0.05) is 5.25 Å². The molecule has 0 saturated carbocycles. The minimum Gasteiger partial charge on any atom is -0.391 e. The standard InChI is InChI=1S/C7H15NO2S/c1-5(2)11-8-7(4-9)6(3)10/h4-8,10H,1-3H3/t6-,7-/m1/s1. The molecule has 0 spiro atoms. The van der Waals surface area contributed by atoms with Gasteiger partial charge in [-0.1, -0.05) is 25.8 Å². The van der Waals surface area contributed by atoms with E-state index in [1.165, 1.54) is 11.9 Å². The zero-order chi connectivity index (χ0) is 8.85. The number of carbonyl (C=O) groups is 1. The summed E-state index contributed by atoms with van der Waals surface area (Å²) in [6.07, 6.45) is 0.0961. The molecule has 11 heavy (non-hydrogen) atoms. The number of hydrogen-bond donors (Lipinski definition) is 2. The van der Waals surface area contributed by atoms with Crippen LogP contribution >= 0.6 is 11.9 Å². The minimum atomic E-state index is -0.626. The van der Waals surface area contributed by atoms with Gasteiger partial charge < -0.3 is 9.90 Å². The molecule has 0 unspecified atom stereocenters. The molecule has 0 aromatic heterocycles. The topological polar surface area (TPSA) is 49.3 Å².